The van der Waals surface area contributed by atoms with Crippen molar-refractivity contribution in [3.8, 4) is 0 Å². The SMILES string of the molecule is C1=C\CC/C=C\CC/1.CC(C)P(C(C)C)C1CCCC1.CC(C)P(C(C)C)C1CCCC1.F[B-](F)(F)F.[Fe].[Rh]. The zero-order valence-corrected chi connectivity index (χ0v) is 30.5. The van der Waals surface area contributed by atoms with Gasteiger partial charge in [0.25, 0.3) is 0 Å². The third-order valence-electron chi connectivity index (χ3n) is 7.21. The van der Waals surface area contributed by atoms with E-state index in [2.05, 4.69) is 79.7 Å². The molecule has 0 saturated heterocycles. The minimum Gasteiger partial charge on any atom is -0.418 e. The molecule has 0 aromatic carbocycles. The molecule has 0 N–H and O–H groups in total. The van der Waals surface area contributed by atoms with Gasteiger partial charge in [0.1, 0.15) is 0 Å². The summed E-state index contributed by atoms with van der Waals surface area (Å²) >= 11 is 0. The van der Waals surface area contributed by atoms with E-state index >= 15 is 0 Å². The molecule has 0 aliphatic heterocycles. The van der Waals surface area contributed by atoms with Gasteiger partial charge in [0.05, 0.1) is 0 Å². The van der Waals surface area contributed by atoms with E-state index < -0.39 is 7.25 Å². The quantitative estimate of drug-likeness (QED) is 0.111. The monoisotopic (exact) mass is 726 g/mol. The molecule has 3 aliphatic rings. The Balaban J connectivity index is -0.000000455. The maximum absolute atomic E-state index is 9.75. The molecule has 0 nitrogen and oxygen atoms in total. The van der Waals surface area contributed by atoms with E-state index in [1.165, 1.54) is 77.0 Å². The Bertz CT molecular complexity index is 524. The number of rotatable bonds is 6. The minimum absolute atomic E-state index is 0. The second-order valence-corrected chi connectivity index (χ2v) is 19.1. The van der Waals surface area contributed by atoms with Crippen molar-refractivity contribution >= 4 is 23.1 Å². The molecule has 0 spiro atoms. The van der Waals surface area contributed by atoms with E-state index in [1.807, 2.05) is 0 Å². The Morgan fingerprint density at radius 2 is 0.692 bits per heavy atom. The number of halogens is 4. The van der Waals surface area contributed by atoms with Crippen LogP contribution in [0.3, 0.4) is 0 Å². The Labute approximate surface area is 266 Å². The van der Waals surface area contributed by atoms with Crippen LogP contribution in [0.1, 0.15) is 132 Å². The summed E-state index contributed by atoms with van der Waals surface area (Å²) < 4.78 is 39.0. The topological polar surface area (TPSA) is 0 Å². The molecule has 3 aliphatic carbocycles. The van der Waals surface area contributed by atoms with Crippen LogP contribution in [0.4, 0.5) is 17.3 Å². The van der Waals surface area contributed by atoms with Crippen molar-refractivity contribution in [1.82, 2.24) is 0 Å². The summed E-state index contributed by atoms with van der Waals surface area (Å²) in [6.45, 7) is 19.4. The first-order valence-corrected chi connectivity index (χ1v) is 18.1. The van der Waals surface area contributed by atoms with Crippen molar-refractivity contribution in [3.63, 3.8) is 0 Å². The van der Waals surface area contributed by atoms with Gasteiger partial charge in [0.2, 0.25) is 0 Å². The molecule has 9 heteroatoms. The zero-order chi connectivity index (χ0) is 28.4. The van der Waals surface area contributed by atoms with Crippen molar-refractivity contribution in [2.75, 3.05) is 0 Å². The van der Waals surface area contributed by atoms with Crippen molar-refractivity contribution in [2.45, 2.75) is 166 Å². The molecule has 1 radical (unpaired) electrons. The maximum atomic E-state index is 9.75. The third-order valence-corrected chi connectivity index (χ3v) is 14.7. The average molecular weight is 726 g/mol. The maximum Gasteiger partial charge on any atom is 0.673 e. The van der Waals surface area contributed by atoms with Crippen LogP contribution in [0.15, 0.2) is 24.3 Å². The standard InChI is InChI=1S/2C11H23P.C8H12.BF4.Fe.Rh/c2*1-9(2)12(10(3)4)11-7-5-6-8-11;1-2-4-6-8-7-5-3-1;2-1(3,4)5;;/h2*9-11H,5-8H2,1-4H3;1-2,7-8H,3-6H2;;;/q;;;-1;;/b;;2-1-,8-7-;;;. The van der Waals surface area contributed by atoms with Crippen molar-refractivity contribution in [1.29, 1.82) is 0 Å². The smallest absolute Gasteiger partial charge is 0.418 e. The van der Waals surface area contributed by atoms with Gasteiger partial charge in [-0.25, -0.2) is 0 Å². The van der Waals surface area contributed by atoms with E-state index in [0.29, 0.717) is 15.8 Å². The van der Waals surface area contributed by atoms with Gasteiger partial charge in [-0.1, -0.05) is 121 Å². The minimum atomic E-state index is -6.00. The molecular weight excluding hydrogens is 668 g/mol. The molecule has 39 heavy (non-hydrogen) atoms. The normalized spacial score (nSPS) is 19.7. The molecule has 0 atom stereocenters. The Kier molecular flexibility index (Phi) is 29.5. The summed E-state index contributed by atoms with van der Waals surface area (Å²) in [5.41, 5.74) is 6.01. The molecule has 2 saturated carbocycles. The van der Waals surface area contributed by atoms with Gasteiger partial charge >= 0.3 is 7.25 Å². The van der Waals surface area contributed by atoms with E-state index in [-0.39, 0.29) is 36.5 Å². The first-order valence-electron chi connectivity index (χ1n) is 15.0. The predicted octanol–water partition coefficient (Wildman–Crippen LogP) is 12.4. The molecule has 0 aromatic rings. The Morgan fingerprint density at radius 3 is 0.846 bits per heavy atom. The van der Waals surface area contributed by atoms with Crippen molar-refractivity contribution in [2.24, 2.45) is 0 Å². The summed E-state index contributed by atoms with van der Waals surface area (Å²) in [6, 6.07) is 0. The summed E-state index contributed by atoms with van der Waals surface area (Å²) in [5, 5.41) is 0. The largest absolute Gasteiger partial charge is 0.673 e. The van der Waals surface area contributed by atoms with E-state index in [9.17, 15) is 17.3 Å². The molecule has 3 rings (SSSR count). The summed E-state index contributed by atoms with van der Waals surface area (Å²) in [6.07, 6.45) is 26.1. The fourth-order valence-electron chi connectivity index (χ4n) is 6.14. The number of allylic oxidation sites excluding steroid dienone is 4. The zero-order valence-electron chi connectivity index (χ0n) is 25.9. The van der Waals surface area contributed by atoms with Crippen LogP contribution in [0.2, 0.25) is 0 Å². The first-order chi connectivity index (χ1) is 17.3. The number of hydrogen-bond acceptors (Lipinski definition) is 0. The van der Waals surface area contributed by atoms with Gasteiger partial charge in [0.15, 0.2) is 0 Å². The van der Waals surface area contributed by atoms with Crippen LogP contribution in [0.25, 0.3) is 0 Å². The van der Waals surface area contributed by atoms with Crippen molar-refractivity contribution < 1.29 is 53.8 Å². The van der Waals surface area contributed by atoms with E-state index in [1.54, 1.807) is 0 Å². The van der Waals surface area contributed by atoms with Crippen LogP contribution in [0, 0.1) is 0 Å². The van der Waals surface area contributed by atoms with Crippen LogP contribution in [-0.2, 0) is 36.5 Å². The fourth-order valence-corrected chi connectivity index (χ4v) is 13.8. The first kappa shape index (κ1) is 44.7. The molecule has 0 bridgehead atoms. The fraction of sp³-hybridized carbons (Fsp3) is 0.867. The van der Waals surface area contributed by atoms with Gasteiger partial charge in [-0.2, -0.15) is 0 Å². The van der Waals surface area contributed by atoms with Gasteiger partial charge in [-0.05, 0) is 85.3 Å². The Morgan fingerprint density at radius 1 is 0.513 bits per heavy atom. The van der Waals surface area contributed by atoms with Gasteiger partial charge in [-0.3, -0.25) is 0 Å². The molecule has 0 amide bonds. The van der Waals surface area contributed by atoms with Crippen molar-refractivity contribution in [3.05, 3.63) is 24.3 Å². The summed E-state index contributed by atoms with van der Waals surface area (Å²) in [4.78, 5) is 0. The second kappa shape index (κ2) is 25.7. The van der Waals surface area contributed by atoms with Gasteiger partial charge < -0.3 is 17.3 Å². The second-order valence-electron chi connectivity index (χ2n) is 11.7. The molecule has 0 unspecified atom stereocenters. The molecular formula is C30H58BF4FeP2Rh-. The summed E-state index contributed by atoms with van der Waals surface area (Å²) in [5.74, 6) is 0. The Hall–Kier alpha value is 1.27. The average Bonchev–Trinajstić information content (AvgIpc) is 3.41. The van der Waals surface area contributed by atoms with Crippen LogP contribution >= 0.6 is 15.8 Å². The van der Waals surface area contributed by atoms with E-state index in [0.717, 1.165) is 34.0 Å². The van der Waals surface area contributed by atoms with E-state index in [4.69, 9.17) is 0 Å². The van der Waals surface area contributed by atoms with Crippen LogP contribution < -0.4 is 0 Å². The van der Waals surface area contributed by atoms with Gasteiger partial charge in [-0.15, -0.1) is 0 Å². The predicted molar refractivity (Wildman–Crippen MR) is 166 cm³/mol. The summed E-state index contributed by atoms with van der Waals surface area (Å²) in [7, 11) is -5.36. The van der Waals surface area contributed by atoms with Crippen LogP contribution in [0.5, 0.6) is 0 Å². The molecule has 0 heterocycles. The number of hydrogen-bond donors (Lipinski definition) is 0. The molecule has 2 fully saturated rings. The molecule has 237 valence electrons. The van der Waals surface area contributed by atoms with Crippen LogP contribution in [-0.4, -0.2) is 41.2 Å². The third kappa shape index (κ3) is 24.4. The molecule has 0 aromatic heterocycles. The van der Waals surface area contributed by atoms with Gasteiger partial charge in [0, 0.05) is 36.5 Å².